The maximum absolute atomic E-state index is 12.7. The Morgan fingerprint density at radius 2 is 1.66 bits per heavy atom. The van der Waals surface area contributed by atoms with Crippen LogP contribution in [0.4, 0.5) is 0 Å². The largest absolute Gasteiger partial charge is 0.350 e. The lowest BCUT2D eigenvalue weighted by atomic mass is 10.1. The Kier molecular flexibility index (Phi) is 7.33. The van der Waals surface area contributed by atoms with Gasteiger partial charge in [0.25, 0.3) is 0 Å². The van der Waals surface area contributed by atoms with Crippen LogP contribution in [0.5, 0.6) is 0 Å². The lowest BCUT2D eigenvalue weighted by Gasteiger charge is -2.25. The number of halogens is 1. The second kappa shape index (κ2) is 9.74. The Morgan fingerprint density at radius 1 is 1.03 bits per heavy atom. The molecule has 1 fully saturated rings. The van der Waals surface area contributed by atoms with Gasteiger partial charge in [-0.2, -0.15) is 4.31 Å². The van der Waals surface area contributed by atoms with Crippen LogP contribution in [0.25, 0.3) is 0 Å². The first-order valence-corrected chi connectivity index (χ1v) is 11.8. The van der Waals surface area contributed by atoms with Crippen LogP contribution in [0.1, 0.15) is 49.8 Å². The lowest BCUT2D eigenvalue weighted by Crippen LogP contribution is -2.35. The summed E-state index contributed by atoms with van der Waals surface area (Å²) in [5.41, 5.74) is 1.94. The van der Waals surface area contributed by atoms with Crippen molar-refractivity contribution in [1.29, 1.82) is 0 Å². The summed E-state index contributed by atoms with van der Waals surface area (Å²) in [7, 11) is -3.42. The van der Waals surface area contributed by atoms with E-state index >= 15 is 0 Å². The fraction of sp³-hybridized carbons (Fsp3) is 0.409. The molecule has 3 rings (SSSR count). The number of nitrogens with zero attached hydrogens (tertiary/aromatic N) is 1. The summed E-state index contributed by atoms with van der Waals surface area (Å²) in [6.45, 7) is 3.12. The zero-order chi connectivity index (χ0) is 20.9. The molecule has 1 aliphatic heterocycles. The van der Waals surface area contributed by atoms with Gasteiger partial charge in [-0.1, -0.05) is 42.3 Å². The van der Waals surface area contributed by atoms with Crippen LogP contribution >= 0.6 is 11.6 Å². The number of aryl methyl sites for hydroxylation is 1. The molecule has 2 aromatic rings. The first kappa shape index (κ1) is 21.8. The molecule has 2 aromatic carbocycles. The molecular weight excluding hydrogens is 408 g/mol. The van der Waals surface area contributed by atoms with Crippen molar-refractivity contribution in [2.75, 3.05) is 13.1 Å². The van der Waals surface area contributed by atoms with Crippen molar-refractivity contribution in [1.82, 2.24) is 9.62 Å². The fourth-order valence-corrected chi connectivity index (χ4v) is 5.13. The molecule has 0 spiro atoms. The highest BCUT2D eigenvalue weighted by Gasteiger charge is 2.25. The number of sulfonamides is 1. The quantitative estimate of drug-likeness (QED) is 0.705. The lowest BCUT2D eigenvalue weighted by molar-refractivity contribution is -0.121. The van der Waals surface area contributed by atoms with Crippen LogP contribution in [0.3, 0.4) is 0 Å². The summed E-state index contributed by atoms with van der Waals surface area (Å²) in [6.07, 6.45) is 3.82. The highest BCUT2D eigenvalue weighted by atomic mass is 35.5. The van der Waals surface area contributed by atoms with Gasteiger partial charge in [0.05, 0.1) is 10.9 Å². The first-order valence-electron chi connectivity index (χ1n) is 10.0. The summed E-state index contributed by atoms with van der Waals surface area (Å²) >= 11 is 5.90. The first-order chi connectivity index (χ1) is 13.9. The van der Waals surface area contributed by atoms with E-state index in [0.29, 0.717) is 35.8 Å². The predicted octanol–water partition coefficient (Wildman–Crippen LogP) is 4.32. The second-order valence-electron chi connectivity index (χ2n) is 7.45. The zero-order valence-corrected chi connectivity index (χ0v) is 18.2. The van der Waals surface area contributed by atoms with Crippen molar-refractivity contribution in [2.24, 2.45) is 0 Å². The molecule has 7 heteroatoms. The van der Waals surface area contributed by atoms with Gasteiger partial charge in [0.15, 0.2) is 0 Å². The Labute approximate surface area is 178 Å². The Balaban J connectivity index is 1.53. The molecule has 0 aliphatic carbocycles. The van der Waals surface area contributed by atoms with Gasteiger partial charge in [0.2, 0.25) is 15.9 Å². The molecule has 1 atom stereocenters. The Hall–Kier alpha value is -1.89. The number of nitrogens with one attached hydrogen (secondary N) is 1. The molecular formula is C22H27ClN2O3S. The summed E-state index contributed by atoms with van der Waals surface area (Å²) in [6, 6.07) is 14.2. The van der Waals surface area contributed by atoms with Crippen LogP contribution in [-0.2, 0) is 21.2 Å². The van der Waals surface area contributed by atoms with Crippen LogP contribution in [0.2, 0.25) is 5.02 Å². The standard InChI is InChI=1S/C22H27ClN2O3S/c1-17(19-8-10-20(23)11-9-19)24-22(26)14-7-18-5-12-21(13-6-18)29(27,28)25-15-3-2-4-16-25/h5-6,8-13,17H,2-4,7,14-16H2,1H3,(H,24,26)/t17-/m1/s1. The molecule has 0 unspecified atom stereocenters. The molecule has 156 valence electrons. The maximum Gasteiger partial charge on any atom is 0.243 e. The number of rotatable bonds is 7. The third-order valence-electron chi connectivity index (χ3n) is 5.26. The second-order valence-corrected chi connectivity index (χ2v) is 9.82. The summed E-state index contributed by atoms with van der Waals surface area (Å²) in [5.74, 6) is -0.0440. The predicted molar refractivity (Wildman–Crippen MR) is 115 cm³/mol. The van der Waals surface area contributed by atoms with Gasteiger partial charge in [-0.05, 0) is 61.6 Å². The molecule has 0 bridgehead atoms. The van der Waals surface area contributed by atoms with E-state index in [2.05, 4.69) is 5.32 Å². The van der Waals surface area contributed by atoms with Gasteiger partial charge in [0.1, 0.15) is 0 Å². The SMILES string of the molecule is C[C@@H](NC(=O)CCc1ccc(S(=O)(=O)N2CCCCC2)cc1)c1ccc(Cl)cc1. The topological polar surface area (TPSA) is 66.5 Å². The van der Waals surface area contributed by atoms with Gasteiger partial charge in [-0.3, -0.25) is 4.79 Å². The van der Waals surface area contributed by atoms with Crippen LogP contribution in [-0.4, -0.2) is 31.7 Å². The van der Waals surface area contributed by atoms with Crippen LogP contribution in [0.15, 0.2) is 53.4 Å². The van der Waals surface area contributed by atoms with E-state index in [1.807, 2.05) is 19.1 Å². The molecule has 1 amide bonds. The van der Waals surface area contributed by atoms with E-state index < -0.39 is 10.0 Å². The van der Waals surface area contributed by atoms with E-state index in [9.17, 15) is 13.2 Å². The third kappa shape index (κ3) is 5.81. The molecule has 1 heterocycles. The average Bonchev–Trinajstić information content (AvgIpc) is 2.73. The summed E-state index contributed by atoms with van der Waals surface area (Å²) < 4.78 is 27.0. The Bertz CT molecular complexity index is 922. The van der Waals surface area contributed by atoms with E-state index in [4.69, 9.17) is 11.6 Å². The summed E-state index contributed by atoms with van der Waals surface area (Å²) in [5, 5.41) is 3.64. The normalized spacial score (nSPS) is 16.3. The molecule has 0 aromatic heterocycles. The molecule has 29 heavy (non-hydrogen) atoms. The Morgan fingerprint density at radius 3 is 2.28 bits per heavy atom. The van der Waals surface area contributed by atoms with Gasteiger partial charge in [0, 0.05) is 24.5 Å². The highest BCUT2D eigenvalue weighted by Crippen LogP contribution is 2.21. The van der Waals surface area contributed by atoms with Gasteiger partial charge in [-0.25, -0.2) is 8.42 Å². The monoisotopic (exact) mass is 434 g/mol. The molecule has 1 N–H and O–H groups in total. The van der Waals surface area contributed by atoms with Gasteiger partial charge >= 0.3 is 0 Å². The minimum Gasteiger partial charge on any atom is -0.350 e. The molecule has 0 saturated carbocycles. The number of carbonyl (C=O) groups is 1. The zero-order valence-electron chi connectivity index (χ0n) is 16.6. The van der Waals surface area contributed by atoms with Crippen LogP contribution < -0.4 is 5.32 Å². The van der Waals surface area contributed by atoms with E-state index in [-0.39, 0.29) is 11.9 Å². The number of benzene rings is 2. The fourth-order valence-electron chi connectivity index (χ4n) is 3.49. The van der Waals surface area contributed by atoms with E-state index in [1.165, 1.54) is 0 Å². The van der Waals surface area contributed by atoms with Crippen LogP contribution in [0, 0.1) is 0 Å². The van der Waals surface area contributed by atoms with Gasteiger partial charge in [-0.15, -0.1) is 0 Å². The average molecular weight is 435 g/mol. The van der Waals surface area contributed by atoms with Crippen molar-refractivity contribution in [3.8, 4) is 0 Å². The number of hydrogen-bond acceptors (Lipinski definition) is 3. The van der Waals surface area contributed by atoms with E-state index in [1.54, 1.807) is 40.7 Å². The molecule has 5 nitrogen and oxygen atoms in total. The smallest absolute Gasteiger partial charge is 0.243 e. The van der Waals surface area contributed by atoms with Crippen molar-refractivity contribution in [3.63, 3.8) is 0 Å². The van der Waals surface area contributed by atoms with Crippen molar-refractivity contribution in [2.45, 2.75) is 50.0 Å². The minimum atomic E-state index is -3.42. The molecule has 1 aliphatic rings. The van der Waals surface area contributed by atoms with Crippen molar-refractivity contribution < 1.29 is 13.2 Å². The van der Waals surface area contributed by atoms with E-state index in [0.717, 1.165) is 30.4 Å². The summed E-state index contributed by atoms with van der Waals surface area (Å²) in [4.78, 5) is 12.6. The molecule has 1 saturated heterocycles. The number of hydrogen-bond donors (Lipinski definition) is 1. The number of carbonyl (C=O) groups excluding carboxylic acids is 1. The van der Waals surface area contributed by atoms with Crippen molar-refractivity contribution >= 4 is 27.5 Å². The minimum absolute atomic E-state index is 0.0440. The highest BCUT2D eigenvalue weighted by molar-refractivity contribution is 7.89. The maximum atomic E-state index is 12.7. The molecule has 0 radical (unpaired) electrons. The third-order valence-corrected chi connectivity index (χ3v) is 7.43. The van der Waals surface area contributed by atoms with Crippen molar-refractivity contribution in [3.05, 3.63) is 64.7 Å². The van der Waals surface area contributed by atoms with Gasteiger partial charge < -0.3 is 5.32 Å². The number of amides is 1. The number of piperidine rings is 1.